The van der Waals surface area contributed by atoms with E-state index in [1.54, 1.807) is 23.5 Å². The van der Waals surface area contributed by atoms with Crippen molar-refractivity contribution in [3.05, 3.63) is 144 Å². The highest BCUT2D eigenvalue weighted by molar-refractivity contribution is 9.11. The zero-order valence-electron chi connectivity index (χ0n) is 24.0. The van der Waals surface area contributed by atoms with Crippen molar-refractivity contribution in [2.24, 2.45) is 9.98 Å². The van der Waals surface area contributed by atoms with Gasteiger partial charge in [0.1, 0.15) is 29.0 Å². The average Bonchev–Trinajstić information content (AvgIpc) is 3.64. The molecule has 0 atom stereocenters. The summed E-state index contributed by atoms with van der Waals surface area (Å²) in [4.78, 5) is 13.8. The van der Waals surface area contributed by atoms with E-state index in [1.165, 1.54) is 6.07 Å². The van der Waals surface area contributed by atoms with E-state index in [4.69, 9.17) is 28.2 Å². The molecule has 3 aromatic carbocycles. The van der Waals surface area contributed by atoms with Crippen molar-refractivity contribution < 1.29 is 4.39 Å². The maximum absolute atomic E-state index is 14.3. The summed E-state index contributed by atoms with van der Waals surface area (Å²) in [5, 5.41) is 10.8. The molecule has 0 spiro atoms. The van der Waals surface area contributed by atoms with Gasteiger partial charge in [-0.3, -0.25) is 19.1 Å². The fraction of sp³-hybridized carbons (Fsp3) is 0.121. The van der Waals surface area contributed by atoms with Gasteiger partial charge in [0.2, 0.25) is 0 Å². The van der Waals surface area contributed by atoms with Gasteiger partial charge in [-0.05, 0) is 72.2 Å². The van der Waals surface area contributed by atoms with Gasteiger partial charge in [-0.2, -0.15) is 0 Å². The van der Waals surface area contributed by atoms with Crippen LogP contribution in [0.4, 0.5) is 4.39 Å². The fourth-order valence-electron chi connectivity index (χ4n) is 5.53. The number of thiophene rings is 1. The lowest BCUT2D eigenvalue weighted by Gasteiger charge is -2.14. The van der Waals surface area contributed by atoms with Crippen molar-refractivity contribution in [1.29, 1.82) is 0 Å². The van der Waals surface area contributed by atoms with Crippen molar-refractivity contribution in [3.8, 4) is 10.7 Å². The molecule has 0 aliphatic carbocycles. The van der Waals surface area contributed by atoms with E-state index in [1.807, 2.05) is 73.1 Å². The van der Waals surface area contributed by atoms with Crippen LogP contribution in [-0.4, -0.2) is 35.7 Å². The van der Waals surface area contributed by atoms with Crippen LogP contribution in [0.2, 0.25) is 10.0 Å². The first-order chi connectivity index (χ1) is 21.8. The number of aromatic nitrogens is 5. The molecule has 6 aromatic rings. The van der Waals surface area contributed by atoms with Gasteiger partial charge in [0.05, 0.1) is 39.3 Å². The van der Waals surface area contributed by atoms with Gasteiger partial charge in [0.15, 0.2) is 5.82 Å². The van der Waals surface area contributed by atoms with Crippen LogP contribution in [0.5, 0.6) is 0 Å². The molecule has 45 heavy (non-hydrogen) atoms. The number of halogens is 4. The summed E-state index contributed by atoms with van der Waals surface area (Å²) in [5.41, 5.74) is 6.67. The topological polar surface area (TPSA) is 73.2 Å². The molecule has 3 aromatic heterocycles. The van der Waals surface area contributed by atoms with Crippen molar-refractivity contribution in [2.45, 2.75) is 26.9 Å². The Hall–Kier alpha value is -3.96. The summed E-state index contributed by atoms with van der Waals surface area (Å²) >= 11 is 17.8. The predicted octanol–water partition coefficient (Wildman–Crippen LogP) is 8.73. The van der Waals surface area contributed by atoms with E-state index in [2.05, 4.69) is 46.7 Å². The second-order valence-corrected chi connectivity index (χ2v) is 13.6. The Morgan fingerprint density at radius 3 is 2.31 bits per heavy atom. The summed E-state index contributed by atoms with van der Waals surface area (Å²) in [6.07, 6.45) is 1.81. The van der Waals surface area contributed by atoms with E-state index in [9.17, 15) is 4.39 Å². The number of aryl methyl sites for hydroxylation is 2. The van der Waals surface area contributed by atoms with Crippen LogP contribution in [-0.2, 0) is 13.1 Å². The Labute approximate surface area is 280 Å². The molecule has 0 amide bonds. The molecule has 8 rings (SSSR count). The Morgan fingerprint density at radius 2 is 1.51 bits per heavy atom. The van der Waals surface area contributed by atoms with Crippen molar-refractivity contribution in [1.82, 2.24) is 24.3 Å². The predicted molar refractivity (Wildman–Crippen MR) is 182 cm³/mol. The maximum Gasteiger partial charge on any atom is 0.160 e. The number of nitrogens with zero attached hydrogens (tertiary/aromatic N) is 7. The third kappa shape index (κ3) is 5.46. The molecule has 0 bridgehead atoms. The Kier molecular flexibility index (Phi) is 7.99. The SMILES string of the molecule is Cc1ncc2n1-c1ccc(Cl)cc1C(c1ccccc1F)=NC2.Cc1nnc2n1-c1sc(Br)cc1C(c1ccccc1Cl)=NC2. The summed E-state index contributed by atoms with van der Waals surface area (Å²) < 4.78 is 19.5. The zero-order valence-corrected chi connectivity index (χ0v) is 27.9. The molecule has 7 nitrogen and oxygen atoms in total. The lowest BCUT2D eigenvalue weighted by atomic mass is 10.00. The summed E-state index contributed by atoms with van der Waals surface area (Å²) in [6, 6.07) is 22.1. The second kappa shape index (κ2) is 12.1. The van der Waals surface area contributed by atoms with Crippen LogP contribution < -0.4 is 0 Å². The highest BCUT2D eigenvalue weighted by Crippen LogP contribution is 2.36. The highest BCUT2D eigenvalue weighted by atomic mass is 79.9. The van der Waals surface area contributed by atoms with Crippen LogP contribution in [0, 0.1) is 19.7 Å². The lowest BCUT2D eigenvalue weighted by Crippen LogP contribution is -2.09. The Balaban J connectivity index is 0.000000145. The van der Waals surface area contributed by atoms with Crippen molar-refractivity contribution in [3.63, 3.8) is 0 Å². The number of benzene rings is 3. The first kappa shape index (κ1) is 29.7. The first-order valence-electron chi connectivity index (χ1n) is 13.9. The molecule has 2 aliphatic rings. The fourth-order valence-corrected chi connectivity index (χ4v) is 7.57. The number of hydrogen-bond donors (Lipinski definition) is 0. The summed E-state index contributed by atoms with van der Waals surface area (Å²) in [6.45, 7) is 4.82. The van der Waals surface area contributed by atoms with E-state index in [-0.39, 0.29) is 5.82 Å². The minimum atomic E-state index is -0.293. The molecule has 0 N–H and O–H groups in total. The number of rotatable bonds is 2. The largest absolute Gasteiger partial charge is 0.298 e. The zero-order chi connectivity index (χ0) is 31.2. The quantitative estimate of drug-likeness (QED) is 0.180. The van der Waals surface area contributed by atoms with Crippen LogP contribution in [0.25, 0.3) is 10.7 Å². The van der Waals surface area contributed by atoms with Gasteiger partial charge >= 0.3 is 0 Å². The van der Waals surface area contributed by atoms with E-state index < -0.39 is 0 Å². The molecular formula is C33H23BrCl2FN7S. The molecule has 2 aliphatic heterocycles. The average molecular weight is 719 g/mol. The molecule has 0 radical (unpaired) electrons. The van der Waals surface area contributed by atoms with E-state index in [0.29, 0.717) is 34.4 Å². The standard InChI is InChI=1S/C18H13ClFN3.C15H10BrClN4S/c1-11-21-9-13-10-22-18(14-4-2-3-5-16(14)20)15-8-12(19)6-7-17(15)23(11)13;1-8-19-20-13-7-18-14(9-4-2-3-5-11(9)17)10-6-12(16)22-15(10)21(8)13/h2-9H,10H2,1H3;2-6H,7H2,1H3. The lowest BCUT2D eigenvalue weighted by molar-refractivity contribution is 0.625. The smallest absolute Gasteiger partial charge is 0.160 e. The molecule has 224 valence electrons. The van der Waals surface area contributed by atoms with Crippen LogP contribution in [0.15, 0.2) is 92.8 Å². The molecular weight excluding hydrogens is 696 g/mol. The number of imidazole rings is 1. The molecule has 0 saturated carbocycles. The molecule has 0 unspecified atom stereocenters. The van der Waals surface area contributed by atoms with Gasteiger partial charge < -0.3 is 0 Å². The highest BCUT2D eigenvalue weighted by Gasteiger charge is 2.25. The van der Waals surface area contributed by atoms with E-state index >= 15 is 0 Å². The number of aliphatic imine (C=N–C) groups is 2. The monoisotopic (exact) mass is 717 g/mol. The minimum absolute atomic E-state index is 0.293. The minimum Gasteiger partial charge on any atom is -0.298 e. The number of hydrogen-bond acceptors (Lipinski definition) is 6. The van der Waals surface area contributed by atoms with Gasteiger partial charge in [0, 0.05) is 32.3 Å². The first-order valence-corrected chi connectivity index (χ1v) is 16.3. The third-order valence-corrected chi connectivity index (χ3v) is 9.72. The summed E-state index contributed by atoms with van der Waals surface area (Å²) in [5.74, 6) is 2.28. The normalized spacial score (nSPS) is 13.2. The van der Waals surface area contributed by atoms with Gasteiger partial charge in [0.25, 0.3) is 0 Å². The van der Waals surface area contributed by atoms with Gasteiger partial charge in [-0.15, -0.1) is 21.5 Å². The second-order valence-electron chi connectivity index (χ2n) is 10.4. The molecule has 5 heterocycles. The summed E-state index contributed by atoms with van der Waals surface area (Å²) in [7, 11) is 0. The number of fused-ring (bicyclic) bond motifs is 6. The third-order valence-electron chi connectivity index (χ3n) is 7.53. The van der Waals surface area contributed by atoms with Crippen LogP contribution in [0.1, 0.15) is 45.4 Å². The van der Waals surface area contributed by atoms with Gasteiger partial charge in [-0.1, -0.05) is 53.5 Å². The maximum atomic E-state index is 14.3. The molecule has 0 fully saturated rings. The molecule has 12 heteroatoms. The van der Waals surface area contributed by atoms with E-state index in [0.717, 1.165) is 60.0 Å². The van der Waals surface area contributed by atoms with Crippen LogP contribution >= 0.6 is 50.5 Å². The Morgan fingerprint density at radius 1 is 0.778 bits per heavy atom. The van der Waals surface area contributed by atoms with Gasteiger partial charge in [-0.25, -0.2) is 9.37 Å². The van der Waals surface area contributed by atoms with Crippen molar-refractivity contribution in [2.75, 3.05) is 0 Å². The van der Waals surface area contributed by atoms with Crippen LogP contribution in [0.3, 0.4) is 0 Å². The van der Waals surface area contributed by atoms with Crippen molar-refractivity contribution >= 4 is 61.9 Å². The molecule has 0 saturated heterocycles. The Bertz CT molecular complexity index is 2160.